The molecule has 1 nitrogen and oxygen atoms in total. The lowest BCUT2D eigenvalue weighted by Gasteiger charge is -2.38. The fourth-order valence-corrected chi connectivity index (χ4v) is 4.73. The van der Waals surface area contributed by atoms with Crippen molar-refractivity contribution in [2.75, 3.05) is 5.32 Å². The maximum atomic E-state index is 6.49. The van der Waals surface area contributed by atoms with E-state index in [1.807, 2.05) is 0 Å². The van der Waals surface area contributed by atoms with Crippen molar-refractivity contribution in [1.82, 2.24) is 0 Å². The van der Waals surface area contributed by atoms with Gasteiger partial charge in [0.2, 0.25) is 0 Å². The van der Waals surface area contributed by atoms with Crippen LogP contribution >= 0.6 is 50.7 Å². The van der Waals surface area contributed by atoms with E-state index in [1.54, 1.807) is 6.07 Å². The lowest BCUT2D eigenvalue weighted by Crippen LogP contribution is -2.29. The molecule has 1 aliphatic heterocycles. The molecule has 0 spiro atoms. The molecule has 2 aliphatic rings. The van der Waals surface area contributed by atoms with E-state index in [1.165, 1.54) is 5.56 Å². The summed E-state index contributed by atoms with van der Waals surface area (Å²) >= 11 is 22.7. The molecule has 3 atom stereocenters. The summed E-state index contributed by atoms with van der Waals surface area (Å²) in [6.45, 7) is 0. The van der Waals surface area contributed by atoms with Crippen LogP contribution in [0.4, 0.5) is 5.69 Å². The number of halogens is 4. The Kier molecular flexibility index (Phi) is 4.13. The Labute approximate surface area is 158 Å². The number of fused-ring (bicyclic) bond motifs is 3. The van der Waals surface area contributed by atoms with E-state index >= 15 is 0 Å². The maximum Gasteiger partial charge on any atom is 0.0656 e. The zero-order valence-corrected chi connectivity index (χ0v) is 15.8. The van der Waals surface area contributed by atoms with Crippen molar-refractivity contribution in [2.24, 2.45) is 5.92 Å². The van der Waals surface area contributed by atoms with E-state index in [0.29, 0.717) is 21.0 Å². The number of anilines is 1. The summed E-state index contributed by atoms with van der Waals surface area (Å²) in [5.41, 5.74) is 3.18. The monoisotopic (exact) mass is 427 g/mol. The van der Waals surface area contributed by atoms with Gasteiger partial charge >= 0.3 is 0 Å². The normalized spacial score (nSPS) is 25.0. The highest BCUT2D eigenvalue weighted by Crippen LogP contribution is 2.54. The minimum Gasteiger partial charge on any atom is -0.376 e. The molecule has 118 valence electrons. The molecule has 4 rings (SSSR count). The number of rotatable bonds is 1. The highest BCUT2D eigenvalue weighted by atomic mass is 79.9. The fraction of sp³-hybridized carbons (Fsp3) is 0.222. The van der Waals surface area contributed by atoms with Crippen LogP contribution in [0.2, 0.25) is 15.1 Å². The van der Waals surface area contributed by atoms with Gasteiger partial charge in [-0.2, -0.15) is 0 Å². The molecule has 0 bridgehead atoms. The molecule has 1 N–H and O–H groups in total. The Morgan fingerprint density at radius 1 is 1.04 bits per heavy atom. The van der Waals surface area contributed by atoms with Gasteiger partial charge in [0.15, 0.2) is 0 Å². The third kappa shape index (κ3) is 2.60. The van der Waals surface area contributed by atoms with E-state index in [0.717, 1.165) is 22.1 Å². The molecule has 23 heavy (non-hydrogen) atoms. The van der Waals surface area contributed by atoms with Crippen LogP contribution in [-0.4, -0.2) is 0 Å². The van der Waals surface area contributed by atoms with Crippen molar-refractivity contribution in [3.63, 3.8) is 0 Å². The van der Waals surface area contributed by atoms with Crippen molar-refractivity contribution in [3.8, 4) is 0 Å². The van der Waals surface area contributed by atoms with Gasteiger partial charge in [0, 0.05) is 16.0 Å². The minimum atomic E-state index is 0.199. The summed E-state index contributed by atoms with van der Waals surface area (Å²) in [6.07, 6.45) is 5.47. The first-order valence-electron chi connectivity index (χ1n) is 7.42. The van der Waals surface area contributed by atoms with Crippen LogP contribution in [0.25, 0.3) is 0 Å². The summed E-state index contributed by atoms with van der Waals surface area (Å²) in [6, 6.07) is 10.3. The van der Waals surface area contributed by atoms with Gasteiger partial charge in [0.25, 0.3) is 0 Å². The third-order valence-corrected chi connectivity index (χ3v) is 6.34. The van der Waals surface area contributed by atoms with Crippen LogP contribution in [0, 0.1) is 5.92 Å². The van der Waals surface area contributed by atoms with Crippen LogP contribution < -0.4 is 5.32 Å². The quantitative estimate of drug-likeness (QED) is 0.372. The molecular weight excluding hydrogens is 416 g/mol. The Balaban J connectivity index is 1.86. The summed E-state index contributed by atoms with van der Waals surface area (Å²) in [4.78, 5) is 0. The second kappa shape index (κ2) is 6.00. The topological polar surface area (TPSA) is 12.0 Å². The number of nitrogens with one attached hydrogen (secondary N) is 1. The van der Waals surface area contributed by atoms with Gasteiger partial charge in [-0.1, -0.05) is 75.0 Å². The van der Waals surface area contributed by atoms with Crippen molar-refractivity contribution in [1.29, 1.82) is 0 Å². The van der Waals surface area contributed by atoms with Crippen LogP contribution in [-0.2, 0) is 0 Å². The molecule has 3 unspecified atom stereocenters. The van der Waals surface area contributed by atoms with Crippen LogP contribution in [0.15, 0.2) is 47.0 Å². The molecule has 0 fully saturated rings. The van der Waals surface area contributed by atoms with E-state index in [4.69, 9.17) is 34.8 Å². The van der Waals surface area contributed by atoms with E-state index in [9.17, 15) is 0 Å². The summed E-state index contributed by atoms with van der Waals surface area (Å²) in [5.74, 6) is 0.652. The van der Waals surface area contributed by atoms with Gasteiger partial charge in [-0.15, -0.1) is 0 Å². The SMILES string of the molecule is Clc1cc(Cl)c2c(c1Cl)C1C=CCC1C(c1ccc(Br)cc1)N2. The standard InChI is InChI=1S/C18H13BrCl3N/c19-10-6-4-9(5-7-10)17-12-3-1-2-11(12)15-16(22)13(20)8-14(21)18(15)23-17/h1-2,4-8,11-12,17,23H,3H2. The van der Waals surface area contributed by atoms with E-state index in [-0.39, 0.29) is 12.0 Å². The first-order valence-corrected chi connectivity index (χ1v) is 9.35. The fourth-order valence-electron chi connectivity index (χ4n) is 3.66. The van der Waals surface area contributed by atoms with Gasteiger partial charge in [-0.3, -0.25) is 0 Å². The van der Waals surface area contributed by atoms with Gasteiger partial charge < -0.3 is 5.32 Å². The average molecular weight is 430 g/mol. The summed E-state index contributed by atoms with van der Waals surface area (Å²) in [7, 11) is 0. The Morgan fingerprint density at radius 2 is 1.78 bits per heavy atom. The second-order valence-electron chi connectivity index (χ2n) is 5.97. The van der Waals surface area contributed by atoms with E-state index in [2.05, 4.69) is 57.7 Å². The Morgan fingerprint density at radius 3 is 2.52 bits per heavy atom. The van der Waals surface area contributed by atoms with E-state index < -0.39 is 0 Å². The first-order chi connectivity index (χ1) is 11.1. The van der Waals surface area contributed by atoms with Crippen molar-refractivity contribution in [3.05, 3.63) is 73.2 Å². The molecular formula is C18H13BrCl3N. The number of allylic oxidation sites excluding steroid dienone is 2. The van der Waals surface area contributed by atoms with Crippen molar-refractivity contribution in [2.45, 2.75) is 18.4 Å². The highest BCUT2D eigenvalue weighted by Gasteiger charge is 2.40. The predicted octanol–water partition coefficient (Wildman–Crippen LogP) is 7.24. The predicted molar refractivity (Wildman–Crippen MR) is 102 cm³/mol. The van der Waals surface area contributed by atoms with Gasteiger partial charge in [0.1, 0.15) is 0 Å². The zero-order chi connectivity index (χ0) is 16.1. The molecule has 1 heterocycles. The van der Waals surface area contributed by atoms with Crippen LogP contribution in [0.5, 0.6) is 0 Å². The Bertz CT molecular complexity index is 801. The minimum absolute atomic E-state index is 0.199. The first kappa shape index (κ1) is 15.8. The molecule has 0 saturated heterocycles. The molecule has 2 aromatic carbocycles. The molecule has 5 heteroatoms. The van der Waals surface area contributed by atoms with Gasteiger partial charge in [0.05, 0.1) is 26.8 Å². The van der Waals surface area contributed by atoms with Crippen LogP contribution in [0.3, 0.4) is 0 Å². The maximum absolute atomic E-state index is 6.49. The molecule has 2 aromatic rings. The second-order valence-corrected chi connectivity index (χ2v) is 8.08. The molecule has 1 aliphatic carbocycles. The molecule has 0 saturated carbocycles. The third-order valence-electron chi connectivity index (χ3n) is 4.71. The zero-order valence-electron chi connectivity index (χ0n) is 12.0. The lowest BCUT2D eigenvalue weighted by atomic mass is 9.77. The Hall–Kier alpha value is -0.670. The van der Waals surface area contributed by atoms with Crippen molar-refractivity contribution < 1.29 is 0 Å². The highest BCUT2D eigenvalue weighted by molar-refractivity contribution is 9.10. The van der Waals surface area contributed by atoms with Gasteiger partial charge in [-0.25, -0.2) is 0 Å². The largest absolute Gasteiger partial charge is 0.376 e. The summed E-state index contributed by atoms with van der Waals surface area (Å²) < 4.78 is 1.08. The van der Waals surface area contributed by atoms with Crippen LogP contribution in [0.1, 0.15) is 29.5 Å². The number of hydrogen-bond donors (Lipinski definition) is 1. The molecule has 0 radical (unpaired) electrons. The smallest absolute Gasteiger partial charge is 0.0656 e. The lowest BCUT2D eigenvalue weighted by molar-refractivity contribution is 0.426. The van der Waals surface area contributed by atoms with Gasteiger partial charge in [-0.05, 0) is 36.1 Å². The number of benzene rings is 2. The average Bonchev–Trinajstić information content (AvgIpc) is 3.02. The molecule has 0 aromatic heterocycles. The molecule has 0 amide bonds. The number of hydrogen-bond acceptors (Lipinski definition) is 1. The van der Waals surface area contributed by atoms with Crippen molar-refractivity contribution >= 4 is 56.4 Å². The summed E-state index contributed by atoms with van der Waals surface area (Å²) in [5, 5.41) is 5.35.